The number of anilines is 1. The zero-order valence-corrected chi connectivity index (χ0v) is 13.6. The lowest BCUT2D eigenvalue weighted by Crippen LogP contribution is -2.37. The van der Waals surface area contributed by atoms with Crippen LogP contribution in [0.4, 0.5) is 10.5 Å². The van der Waals surface area contributed by atoms with E-state index in [1.54, 1.807) is 31.6 Å². The van der Waals surface area contributed by atoms with E-state index >= 15 is 0 Å². The van der Waals surface area contributed by atoms with Gasteiger partial charge in [-0.05, 0) is 32.3 Å². The van der Waals surface area contributed by atoms with Crippen LogP contribution in [-0.2, 0) is 0 Å². The lowest BCUT2D eigenvalue weighted by molar-refractivity contribution is 0.242. The highest BCUT2D eigenvalue weighted by molar-refractivity contribution is 5.88. The molecule has 0 radical (unpaired) electrons. The van der Waals surface area contributed by atoms with Gasteiger partial charge in [0.05, 0.1) is 25.0 Å². The predicted molar refractivity (Wildman–Crippen MR) is 90.7 cm³/mol. The lowest BCUT2D eigenvalue weighted by Gasteiger charge is -2.26. The summed E-state index contributed by atoms with van der Waals surface area (Å²) in [7, 11) is 5.59. The zero-order chi connectivity index (χ0) is 16.7. The summed E-state index contributed by atoms with van der Waals surface area (Å²) in [5, 5.41) is 5.64. The minimum atomic E-state index is -0.264. The molecule has 1 aromatic heterocycles. The van der Waals surface area contributed by atoms with Crippen LogP contribution in [-0.4, -0.2) is 43.7 Å². The Bertz CT molecular complexity index is 632. The minimum Gasteiger partial charge on any atom is -0.496 e. The molecule has 1 aromatic carbocycles. The van der Waals surface area contributed by atoms with E-state index in [-0.39, 0.29) is 12.1 Å². The SMILES string of the molecule is COc1ccccc1C(CNC(=O)Nc1cccnc1)N(C)C. The molecule has 6 nitrogen and oxygen atoms in total. The monoisotopic (exact) mass is 314 g/mol. The van der Waals surface area contributed by atoms with Crippen LogP contribution in [0.5, 0.6) is 5.75 Å². The lowest BCUT2D eigenvalue weighted by atomic mass is 10.0. The van der Waals surface area contributed by atoms with Gasteiger partial charge in [0.2, 0.25) is 0 Å². The number of hydrogen-bond acceptors (Lipinski definition) is 4. The number of aromatic nitrogens is 1. The standard InChI is InChI=1S/C17H22N4O2/c1-21(2)15(14-8-4-5-9-16(14)23-3)12-19-17(22)20-13-7-6-10-18-11-13/h4-11,15H,12H2,1-3H3,(H2,19,20,22). The van der Waals surface area contributed by atoms with Crippen LogP contribution in [0.25, 0.3) is 0 Å². The van der Waals surface area contributed by atoms with Crippen molar-refractivity contribution in [3.63, 3.8) is 0 Å². The van der Waals surface area contributed by atoms with Gasteiger partial charge in [-0.15, -0.1) is 0 Å². The third-order valence-corrected chi connectivity index (χ3v) is 3.50. The summed E-state index contributed by atoms with van der Waals surface area (Å²) in [4.78, 5) is 18.0. The predicted octanol–water partition coefficient (Wildman–Crippen LogP) is 2.51. The molecule has 0 aliphatic carbocycles. The molecule has 0 aliphatic rings. The van der Waals surface area contributed by atoms with E-state index in [9.17, 15) is 4.79 Å². The van der Waals surface area contributed by atoms with Crippen LogP contribution in [0.3, 0.4) is 0 Å². The summed E-state index contributed by atoms with van der Waals surface area (Å²) in [5.41, 5.74) is 1.69. The number of hydrogen-bond donors (Lipinski definition) is 2. The number of nitrogens with zero attached hydrogens (tertiary/aromatic N) is 2. The topological polar surface area (TPSA) is 66.5 Å². The van der Waals surface area contributed by atoms with Crippen molar-refractivity contribution in [3.8, 4) is 5.75 Å². The highest BCUT2D eigenvalue weighted by Gasteiger charge is 2.18. The second-order valence-corrected chi connectivity index (χ2v) is 5.30. The molecule has 1 unspecified atom stereocenters. The number of nitrogens with one attached hydrogen (secondary N) is 2. The van der Waals surface area contributed by atoms with E-state index < -0.39 is 0 Å². The number of para-hydroxylation sites is 1. The summed E-state index contributed by atoms with van der Waals surface area (Å²) in [5.74, 6) is 0.806. The fourth-order valence-corrected chi connectivity index (χ4v) is 2.31. The van der Waals surface area contributed by atoms with Crippen molar-refractivity contribution >= 4 is 11.7 Å². The highest BCUT2D eigenvalue weighted by Crippen LogP contribution is 2.27. The van der Waals surface area contributed by atoms with Gasteiger partial charge in [0.1, 0.15) is 5.75 Å². The third kappa shape index (κ3) is 4.69. The molecule has 0 spiro atoms. The van der Waals surface area contributed by atoms with Crippen molar-refractivity contribution in [1.29, 1.82) is 0 Å². The Balaban J connectivity index is 2.01. The van der Waals surface area contributed by atoms with Gasteiger partial charge in [0.15, 0.2) is 0 Å². The summed E-state index contributed by atoms with van der Waals surface area (Å²) < 4.78 is 5.42. The van der Waals surface area contributed by atoms with E-state index in [0.29, 0.717) is 12.2 Å². The Morgan fingerprint density at radius 2 is 2.04 bits per heavy atom. The van der Waals surface area contributed by atoms with Crippen molar-refractivity contribution in [1.82, 2.24) is 15.2 Å². The van der Waals surface area contributed by atoms with E-state index in [4.69, 9.17) is 4.74 Å². The van der Waals surface area contributed by atoms with Gasteiger partial charge in [-0.1, -0.05) is 18.2 Å². The number of methoxy groups -OCH3 is 1. The molecule has 0 saturated carbocycles. The maximum Gasteiger partial charge on any atom is 0.319 e. The number of carbonyl (C=O) groups is 1. The molecular formula is C17H22N4O2. The van der Waals surface area contributed by atoms with Gasteiger partial charge in [-0.2, -0.15) is 0 Å². The van der Waals surface area contributed by atoms with Crippen LogP contribution in [0.1, 0.15) is 11.6 Å². The minimum absolute atomic E-state index is 0.00537. The average molecular weight is 314 g/mol. The second-order valence-electron chi connectivity index (χ2n) is 5.30. The maximum atomic E-state index is 12.0. The number of urea groups is 1. The fraction of sp³-hybridized carbons (Fsp3) is 0.294. The second kappa shape index (κ2) is 8.14. The number of benzene rings is 1. The zero-order valence-electron chi connectivity index (χ0n) is 13.6. The largest absolute Gasteiger partial charge is 0.496 e. The van der Waals surface area contributed by atoms with E-state index in [1.807, 2.05) is 43.3 Å². The molecule has 2 N–H and O–H groups in total. The van der Waals surface area contributed by atoms with Gasteiger partial charge in [-0.3, -0.25) is 4.98 Å². The molecule has 2 amide bonds. The number of rotatable bonds is 6. The summed E-state index contributed by atoms with van der Waals surface area (Å²) in [6.45, 7) is 0.458. The first kappa shape index (κ1) is 16.8. The Kier molecular flexibility index (Phi) is 5.94. The van der Waals surface area contributed by atoms with Crippen molar-refractivity contribution in [2.45, 2.75) is 6.04 Å². The third-order valence-electron chi connectivity index (χ3n) is 3.50. The fourth-order valence-electron chi connectivity index (χ4n) is 2.31. The van der Waals surface area contributed by atoms with Gasteiger partial charge >= 0.3 is 6.03 Å². The Morgan fingerprint density at radius 1 is 1.26 bits per heavy atom. The van der Waals surface area contributed by atoms with Crippen LogP contribution >= 0.6 is 0 Å². The molecular weight excluding hydrogens is 292 g/mol. The van der Waals surface area contributed by atoms with Crippen LogP contribution in [0.15, 0.2) is 48.8 Å². The molecule has 6 heteroatoms. The molecule has 122 valence electrons. The van der Waals surface area contributed by atoms with Gasteiger partial charge < -0.3 is 20.3 Å². The Morgan fingerprint density at radius 3 is 2.70 bits per heavy atom. The molecule has 0 saturated heterocycles. The summed E-state index contributed by atoms with van der Waals surface area (Å²) >= 11 is 0. The van der Waals surface area contributed by atoms with Gasteiger partial charge in [0.25, 0.3) is 0 Å². The Labute approximate surface area is 136 Å². The molecule has 23 heavy (non-hydrogen) atoms. The number of ether oxygens (including phenoxy) is 1. The van der Waals surface area contributed by atoms with Crippen molar-refractivity contribution in [2.24, 2.45) is 0 Å². The normalized spacial score (nSPS) is 11.8. The highest BCUT2D eigenvalue weighted by atomic mass is 16.5. The molecule has 0 bridgehead atoms. The quantitative estimate of drug-likeness (QED) is 0.860. The van der Waals surface area contributed by atoms with Crippen LogP contribution < -0.4 is 15.4 Å². The maximum absolute atomic E-state index is 12.0. The van der Waals surface area contributed by atoms with Crippen molar-refractivity contribution < 1.29 is 9.53 Å². The van der Waals surface area contributed by atoms with Gasteiger partial charge in [-0.25, -0.2) is 4.79 Å². The van der Waals surface area contributed by atoms with Crippen molar-refractivity contribution in [2.75, 3.05) is 33.1 Å². The number of likely N-dealkylation sites (N-methyl/N-ethyl adjacent to an activating group) is 1. The first-order chi connectivity index (χ1) is 11.1. The molecule has 1 atom stereocenters. The van der Waals surface area contributed by atoms with Crippen molar-refractivity contribution in [3.05, 3.63) is 54.4 Å². The molecule has 1 heterocycles. The average Bonchev–Trinajstić information content (AvgIpc) is 2.56. The van der Waals surface area contributed by atoms with E-state index in [2.05, 4.69) is 15.6 Å². The molecule has 0 fully saturated rings. The van der Waals surface area contributed by atoms with Gasteiger partial charge in [0, 0.05) is 18.3 Å². The number of amides is 2. The van der Waals surface area contributed by atoms with E-state index in [1.165, 1.54) is 0 Å². The first-order valence-electron chi connectivity index (χ1n) is 7.36. The number of pyridine rings is 1. The first-order valence-corrected chi connectivity index (χ1v) is 7.36. The van der Waals surface area contributed by atoms with E-state index in [0.717, 1.165) is 11.3 Å². The van der Waals surface area contributed by atoms with Crippen LogP contribution in [0, 0.1) is 0 Å². The molecule has 0 aliphatic heterocycles. The number of carbonyl (C=O) groups excluding carboxylic acids is 1. The molecule has 2 rings (SSSR count). The summed E-state index contributed by atoms with van der Waals surface area (Å²) in [6.07, 6.45) is 3.26. The smallest absolute Gasteiger partial charge is 0.319 e. The Hall–Kier alpha value is -2.60. The molecule has 2 aromatic rings. The summed E-state index contributed by atoms with van der Waals surface area (Å²) in [6, 6.07) is 11.1. The van der Waals surface area contributed by atoms with Crippen LogP contribution in [0.2, 0.25) is 0 Å².